The summed E-state index contributed by atoms with van der Waals surface area (Å²) in [5.41, 5.74) is 12.4. The van der Waals surface area contributed by atoms with Gasteiger partial charge in [-0.2, -0.15) is 18.4 Å². The van der Waals surface area contributed by atoms with E-state index in [0.717, 1.165) is 0 Å². The average Bonchev–Trinajstić information content (AvgIpc) is 2.95. The van der Waals surface area contributed by atoms with Gasteiger partial charge in [-0.1, -0.05) is 30.3 Å². The molecule has 27 heavy (non-hydrogen) atoms. The highest BCUT2D eigenvalue weighted by atomic mass is 32.1. The number of nitriles is 1. The second-order valence-corrected chi connectivity index (χ2v) is 5.89. The molecule has 0 bridgehead atoms. The first-order chi connectivity index (χ1) is 12.6. The quantitative estimate of drug-likeness (QED) is 0.565. The van der Waals surface area contributed by atoms with Gasteiger partial charge in [0.25, 0.3) is 0 Å². The summed E-state index contributed by atoms with van der Waals surface area (Å²) in [6.07, 6.45) is -5.08. The van der Waals surface area contributed by atoms with Crippen molar-refractivity contribution < 1.29 is 27.9 Å². The van der Waals surface area contributed by atoms with Gasteiger partial charge >= 0.3 is 12.1 Å². The second kappa shape index (κ2) is 9.56. The highest BCUT2D eigenvalue weighted by Crippen LogP contribution is 2.36. The SMILES string of the molecule is N#Cc1c(NCCN)sc(C(=O)c2ccccc2)c1N.O=C(O)C(F)(F)F. The number of carbonyl (C=O) groups is 2. The number of ketones is 1. The van der Waals surface area contributed by atoms with Crippen LogP contribution in [0.2, 0.25) is 0 Å². The van der Waals surface area contributed by atoms with Crippen LogP contribution >= 0.6 is 11.3 Å². The van der Waals surface area contributed by atoms with Crippen molar-refractivity contribution in [3.63, 3.8) is 0 Å². The minimum absolute atomic E-state index is 0.176. The van der Waals surface area contributed by atoms with E-state index in [4.69, 9.17) is 26.6 Å². The average molecular weight is 400 g/mol. The fourth-order valence-electron chi connectivity index (χ4n) is 1.75. The first-order valence-corrected chi connectivity index (χ1v) is 8.11. The van der Waals surface area contributed by atoms with Crippen LogP contribution in [-0.2, 0) is 4.79 Å². The van der Waals surface area contributed by atoms with Crippen molar-refractivity contribution >= 4 is 33.8 Å². The number of anilines is 2. The minimum Gasteiger partial charge on any atom is -0.475 e. The molecule has 0 saturated carbocycles. The standard InChI is InChI=1S/C14H14N4OS.C2HF3O2/c15-6-7-18-14-10(8-16)11(17)13(20-14)12(19)9-4-2-1-3-5-9;3-2(4,5)1(6)7/h1-5,18H,6-7,15,17H2;(H,6,7). The summed E-state index contributed by atoms with van der Waals surface area (Å²) in [5.74, 6) is -2.93. The van der Waals surface area contributed by atoms with Crippen LogP contribution in [0.15, 0.2) is 30.3 Å². The molecule has 0 radical (unpaired) electrons. The van der Waals surface area contributed by atoms with Crippen molar-refractivity contribution in [3.8, 4) is 6.07 Å². The van der Waals surface area contributed by atoms with Crippen molar-refractivity contribution in [1.29, 1.82) is 5.26 Å². The van der Waals surface area contributed by atoms with Crippen molar-refractivity contribution in [3.05, 3.63) is 46.3 Å². The van der Waals surface area contributed by atoms with E-state index in [1.54, 1.807) is 24.3 Å². The van der Waals surface area contributed by atoms with Crippen LogP contribution in [0.3, 0.4) is 0 Å². The highest BCUT2D eigenvalue weighted by molar-refractivity contribution is 7.19. The lowest BCUT2D eigenvalue weighted by Crippen LogP contribution is -2.21. The van der Waals surface area contributed by atoms with Gasteiger partial charge in [0.15, 0.2) is 0 Å². The Morgan fingerprint density at radius 1 is 1.26 bits per heavy atom. The Morgan fingerprint density at radius 3 is 2.26 bits per heavy atom. The minimum atomic E-state index is -5.08. The monoisotopic (exact) mass is 400 g/mol. The number of aliphatic carboxylic acids is 1. The molecule has 7 nitrogen and oxygen atoms in total. The fraction of sp³-hybridized carbons (Fsp3) is 0.188. The van der Waals surface area contributed by atoms with E-state index in [9.17, 15) is 18.0 Å². The number of benzene rings is 1. The molecule has 1 heterocycles. The van der Waals surface area contributed by atoms with Gasteiger partial charge in [-0.25, -0.2) is 4.79 Å². The van der Waals surface area contributed by atoms with Gasteiger partial charge < -0.3 is 21.9 Å². The Morgan fingerprint density at radius 2 is 1.81 bits per heavy atom. The van der Waals surface area contributed by atoms with E-state index < -0.39 is 12.1 Å². The molecule has 0 aliphatic heterocycles. The number of carbonyl (C=O) groups excluding carboxylic acids is 1. The molecule has 1 aromatic heterocycles. The third kappa shape index (κ3) is 5.98. The topological polar surface area (TPSA) is 142 Å². The lowest BCUT2D eigenvalue weighted by atomic mass is 10.1. The maximum atomic E-state index is 12.4. The number of rotatable bonds is 5. The number of carboxylic acid groups (broad SMARTS) is 1. The van der Waals surface area contributed by atoms with Gasteiger partial charge in [0.05, 0.1) is 5.69 Å². The number of hydrogen-bond acceptors (Lipinski definition) is 7. The van der Waals surface area contributed by atoms with Crippen molar-refractivity contribution in [1.82, 2.24) is 0 Å². The predicted octanol–water partition coefficient (Wildman–Crippen LogP) is 2.44. The van der Waals surface area contributed by atoms with Gasteiger partial charge in [-0.3, -0.25) is 4.79 Å². The number of hydrogen-bond donors (Lipinski definition) is 4. The van der Waals surface area contributed by atoms with E-state index in [-0.39, 0.29) is 11.5 Å². The Kier molecular flexibility index (Phi) is 7.77. The molecule has 6 N–H and O–H groups in total. The molecular formula is C16H15F3N4O3S. The molecule has 144 valence electrons. The summed E-state index contributed by atoms with van der Waals surface area (Å²) < 4.78 is 31.7. The second-order valence-electron chi connectivity index (χ2n) is 4.87. The Hall–Kier alpha value is -3.10. The molecule has 0 atom stereocenters. The summed E-state index contributed by atoms with van der Waals surface area (Å²) in [7, 11) is 0. The summed E-state index contributed by atoms with van der Waals surface area (Å²) in [5, 5.41) is 19.9. The van der Waals surface area contributed by atoms with Gasteiger partial charge in [0, 0.05) is 18.7 Å². The van der Waals surface area contributed by atoms with E-state index in [1.807, 2.05) is 12.1 Å². The molecule has 0 amide bonds. The fourth-order valence-corrected chi connectivity index (χ4v) is 2.81. The Labute approximate surface area is 156 Å². The molecule has 0 fully saturated rings. The molecule has 11 heteroatoms. The maximum Gasteiger partial charge on any atom is 0.490 e. The van der Waals surface area contributed by atoms with E-state index in [0.29, 0.717) is 34.1 Å². The van der Waals surface area contributed by atoms with Crippen LogP contribution in [0.25, 0.3) is 0 Å². The van der Waals surface area contributed by atoms with Gasteiger partial charge in [-0.15, -0.1) is 11.3 Å². The van der Waals surface area contributed by atoms with E-state index in [1.165, 1.54) is 11.3 Å². The number of carboxylic acids is 1. The van der Waals surface area contributed by atoms with Gasteiger partial charge in [0.1, 0.15) is 21.5 Å². The van der Waals surface area contributed by atoms with Gasteiger partial charge in [0.2, 0.25) is 5.78 Å². The zero-order valence-electron chi connectivity index (χ0n) is 13.7. The number of nitrogens with two attached hydrogens (primary N) is 2. The molecule has 0 aliphatic carbocycles. The number of nitrogen functional groups attached to an aromatic ring is 1. The van der Waals surface area contributed by atoms with Crippen LogP contribution in [0.4, 0.5) is 23.9 Å². The van der Waals surface area contributed by atoms with Crippen molar-refractivity contribution in [2.24, 2.45) is 5.73 Å². The number of nitrogens with zero attached hydrogens (tertiary/aromatic N) is 1. The third-order valence-corrected chi connectivity index (χ3v) is 4.13. The highest BCUT2D eigenvalue weighted by Gasteiger charge is 2.38. The summed E-state index contributed by atoms with van der Waals surface area (Å²) in [6, 6.07) is 10.9. The zero-order valence-corrected chi connectivity index (χ0v) is 14.5. The van der Waals surface area contributed by atoms with E-state index in [2.05, 4.69) is 5.32 Å². The lowest BCUT2D eigenvalue weighted by molar-refractivity contribution is -0.192. The van der Waals surface area contributed by atoms with Crippen molar-refractivity contribution in [2.75, 3.05) is 24.1 Å². The molecule has 2 rings (SSSR count). The molecule has 0 aliphatic rings. The van der Waals surface area contributed by atoms with Crippen LogP contribution < -0.4 is 16.8 Å². The van der Waals surface area contributed by atoms with Crippen molar-refractivity contribution in [2.45, 2.75) is 6.18 Å². The smallest absolute Gasteiger partial charge is 0.475 e. The third-order valence-electron chi connectivity index (χ3n) is 2.97. The summed E-state index contributed by atoms with van der Waals surface area (Å²) in [6.45, 7) is 0.957. The normalized spacial score (nSPS) is 10.3. The first-order valence-electron chi connectivity index (χ1n) is 7.29. The summed E-state index contributed by atoms with van der Waals surface area (Å²) in [4.78, 5) is 21.7. The van der Waals surface area contributed by atoms with Crippen LogP contribution in [-0.4, -0.2) is 36.1 Å². The molecule has 0 saturated heterocycles. The molecular weight excluding hydrogens is 385 g/mol. The van der Waals surface area contributed by atoms with Gasteiger partial charge in [-0.05, 0) is 0 Å². The number of nitrogens with one attached hydrogen (secondary N) is 1. The first kappa shape index (κ1) is 21.9. The van der Waals surface area contributed by atoms with E-state index >= 15 is 0 Å². The number of alkyl halides is 3. The molecule has 0 unspecified atom stereocenters. The Bertz CT molecular complexity index is 845. The van der Waals surface area contributed by atoms with Crippen LogP contribution in [0.5, 0.6) is 0 Å². The van der Waals surface area contributed by atoms with Crippen LogP contribution in [0, 0.1) is 11.3 Å². The summed E-state index contributed by atoms with van der Waals surface area (Å²) >= 11 is 1.19. The van der Waals surface area contributed by atoms with Crippen LogP contribution in [0.1, 0.15) is 20.8 Å². The Balaban J connectivity index is 0.000000445. The molecule has 1 aromatic carbocycles. The zero-order chi connectivity index (χ0) is 20.6. The molecule has 0 spiro atoms. The largest absolute Gasteiger partial charge is 0.490 e. The number of thiophene rings is 1. The lowest BCUT2D eigenvalue weighted by Gasteiger charge is -2.00. The predicted molar refractivity (Wildman–Crippen MR) is 94.6 cm³/mol. The number of halogens is 3. The maximum absolute atomic E-state index is 12.4. The molecule has 2 aromatic rings.